The second kappa shape index (κ2) is 8.88. The second-order valence-corrected chi connectivity index (χ2v) is 10.7. The number of ether oxygens (including phenoxy) is 1. The third kappa shape index (κ3) is 4.13. The van der Waals surface area contributed by atoms with E-state index in [2.05, 4.69) is 33.2 Å². The van der Waals surface area contributed by atoms with Gasteiger partial charge in [0.2, 0.25) is 0 Å². The molecule has 4 N–H and O–H groups in total. The second-order valence-electron chi connectivity index (χ2n) is 7.77. The van der Waals surface area contributed by atoms with Crippen molar-refractivity contribution in [3.63, 3.8) is 0 Å². The fourth-order valence-electron chi connectivity index (χ4n) is 4.00. The smallest absolute Gasteiger partial charge is 0.327 e. The number of nitrogen functional groups attached to an aromatic ring is 1. The van der Waals surface area contributed by atoms with Crippen LogP contribution in [0, 0.1) is 0 Å². The fourth-order valence-corrected chi connectivity index (χ4v) is 6.11. The van der Waals surface area contributed by atoms with E-state index in [0.29, 0.717) is 24.2 Å². The lowest BCUT2D eigenvalue weighted by Crippen LogP contribution is -2.34. The molecule has 172 valence electrons. The molecule has 3 aliphatic rings. The lowest BCUT2D eigenvalue weighted by atomic mass is 10.0. The summed E-state index contributed by atoms with van der Waals surface area (Å²) in [5.41, 5.74) is 7.68. The molecule has 2 aliphatic heterocycles. The third-order valence-corrected chi connectivity index (χ3v) is 8.04. The van der Waals surface area contributed by atoms with Gasteiger partial charge in [-0.1, -0.05) is 18.2 Å². The van der Waals surface area contributed by atoms with Crippen LogP contribution < -0.4 is 5.73 Å². The molecule has 0 radical (unpaired) electrons. The number of imidazole rings is 1. The molecule has 2 saturated heterocycles. The summed E-state index contributed by atoms with van der Waals surface area (Å²) in [6.45, 7) is -2.71. The van der Waals surface area contributed by atoms with Crippen LogP contribution in [0.1, 0.15) is 25.5 Å². The Balaban J connectivity index is 1.27. The number of aromatic nitrogens is 4. The molecular weight excluding hydrogens is 457 g/mol. The Bertz CT molecular complexity index is 1110. The van der Waals surface area contributed by atoms with Gasteiger partial charge >= 0.3 is 6.72 Å². The van der Waals surface area contributed by atoms with E-state index in [1.165, 1.54) is 17.2 Å². The lowest BCUT2D eigenvalue weighted by Gasteiger charge is -2.33. The van der Waals surface area contributed by atoms with E-state index >= 15 is 0 Å². The highest BCUT2D eigenvalue weighted by Gasteiger charge is 2.45. The quantitative estimate of drug-likeness (QED) is 0.532. The van der Waals surface area contributed by atoms with Crippen LogP contribution in [0.3, 0.4) is 0 Å². The van der Waals surface area contributed by atoms with Crippen LogP contribution in [0.5, 0.6) is 0 Å². The van der Waals surface area contributed by atoms with Crippen LogP contribution in [0.2, 0.25) is 0 Å². The van der Waals surface area contributed by atoms with Gasteiger partial charge in [-0.3, -0.25) is 4.57 Å². The number of nitrogens with zero attached hydrogens (tertiary/aromatic N) is 4. The van der Waals surface area contributed by atoms with Crippen molar-refractivity contribution in [1.29, 1.82) is 0 Å². The number of aliphatic hydroxyl groups excluding tert-OH is 2. The number of anilines is 1. The van der Waals surface area contributed by atoms with Crippen molar-refractivity contribution >= 4 is 35.5 Å². The van der Waals surface area contributed by atoms with Crippen LogP contribution in [0.15, 0.2) is 36.5 Å². The summed E-state index contributed by atoms with van der Waals surface area (Å²) in [6, 6.07) is 0. The first-order valence-corrected chi connectivity index (χ1v) is 12.9. The minimum Gasteiger partial charge on any atom is -0.387 e. The highest BCUT2D eigenvalue weighted by molar-refractivity contribution is 8.07. The number of nitrogens with two attached hydrogens (primary N) is 1. The Morgan fingerprint density at radius 1 is 1.25 bits per heavy atom. The van der Waals surface area contributed by atoms with Gasteiger partial charge in [-0.05, 0) is 30.2 Å². The van der Waals surface area contributed by atoms with Crippen LogP contribution >= 0.6 is 6.72 Å². The molecule has 0 spiro atoms. The first kappa shape index (κ1) is 22.1. The summed E-state index contributed by atoms with van der Waals surface area (Å²) in [5, 5.41) is 21.1. The predicted molar refractivity (Wildman–Crippen MR) is 118 cm³/mol. The molecule has 2 aromatic heterocycles. The zero-order chi connectivity index (χ0) is 22.3. The Kier molecular flexibility index (Phi) is 6.12. The van der Waals surface area contributed by atoms with E-state index in [-0.39, 0.29) is 18.5 Å². The normalized spacial score (nSPS) is 35.3. The lowest BCUT2D eigenvalue weighted by molar-refractivity contribution is -0.0524. The molecule has 11 nitrogen and oxygen atoms in total. The van der Waals surface area contributed by atoms with Crippen molar-refractivity contribution in [2.75, 3.05) is 18.9 Å². The molecule has 5 rings (SSSR count). The van der Waals surface area contributed by atoms with Crippen LogP contribution in [-0.2, 0) is 30.1 Å². The van der Waals surface area contributed by atoms with E-state index in [0.717, 1.165) is 18.4 Å². The van der Waals surface area contributed by atoms with E-state index in [1.807, 2.05) is 0 Å². The molecule has 32 heavy (non-hydrogen) atoms. The molecule has 0 saturated carbocycles. The molecule has 1 unspecified atom stereocenters. The van der Waals surface area contributed by atoms with E-state index < -0.39 is 31.3 Å². The number of hydrogen-bond acceptors (Lipinski definition) is 11. The standard InChI is InChI=1S/C19H24N5O6PS/c20-17-14-18(22-9-21-17)24(10-23-14)19-16(26)15(25)13(29-19)8-28-31(32)27-7-6-12(30-31)11-4-2-1-3-5-11/h2,4-5,9-10,12-13,15-16,19,25-26H,1,3,6-8H2,(H2,20,21,22)/t12-,13+,15-,16-,19+,31?/m0/s1. The summed E-state index contributed by atoms with van der Waals surface area (Å²) in [7, 11) is 0. The zero-order valence-electron chi connectivity index (χ0n) is 17.1. The number of aliphatic hydroxyl groups is 2. The molecule has 6 atom stereocenters. The molecule has 0 bridgehead atoms. The van der Waals surface area contributed by atoms with Crippen LogP contribution in [0.4, 0.5) is 5.82 Å². The average molecular weight is 481 g/mol. The number of hydrogen-bond donors (Lipinski definition) is 3. The van der Waals surface area contributed by atoms with Crippen LogP contribution in [-0.4, -0.2) is 67.4 Å². The van der Waals surface area contributed by atoms with E-state index in [9.17, 15) is 10.2 Å². The SMILES string of the molecule is Nc1ncnc2c1ncn2[C@@H]1O[C@H](COP2(=S)OCC[C@@H](C3=CCCC=C3)O2)[C@H](O)[C@@H]1O. The van der Waals surface area contributed by atoms with E-state index in [4.69, 9.17) is 35.8 Å². The van der Waals surface area contributed by atoms with Crippen molar-refractivity contribution in [1.82, 2.24) is 19.5 Å². The van der Waals surface area contributed by atoms with E-state index in [1.54, 1.807) is 0 Å². The summed E-state index contributed by atoms with van der Waals surface area (Å²) < 4.78 is 24.9. The van der Waals surface area contributed by atoms with Gasteiger partial charge in [0, 0.05) is 6.42 Å². The largest absolute Gasteiger partial charge is 0.387 e. The molecule has 2 aromatic rings. The van der Waals surface area contributed by atoms with Crippen molar-refractivity contribution < 1.29 is 28.5 Å². The minimum atomic E-state index is -3.03. The van der Waals surface area contributed by atoms with Gasteiger partial charge < -0.3 is 34.3 Å². The van der Waals surface area contributed by atoms with Gasteiger partial charge in [0.25, 0.3) is 0 Å². The topological polar surface area (TPSA) is 147 Å². The highest BCUT2D eigenvalue weighted by Crippen LogP contribution is 2.55. The first-order chi connectivity index (χ1) is 15.5. The Labute approximate surface area is 189 Å². The predicted octanol–water partition coefficient (Wildman–Crippen LogP) is 1.35. The van der Waals surface area contributed by atoms with Gasteiger partial charge in [-0.25, -0.2) is 15.0 Å². The fraction of sp³-hybridized carbons (Fsp3) is 0.526. The third-order valence-electron chi connectivity index (χ3n) is 5.68. The van der Waals surface area contributed by atoms with Gasteiger partial charge in [0.1, 0.15) is 30.2 Å². The van der Waals surface area contributed by atoms with Gasteiger partial charge in [0.15, 0.2) is 17.7 Å². The van der Waals surface area contributed by atoms with Crippen molar-refractivity contribution in [2.24, 2.45) is 0 Å². The molecular formula is C19H24N5O6PS. The van der Waals surface area contributed by atoms with Crippen molar-refractivity contribution in [3.05, 3.63) is 36.5 Å². The van der Waals surface area contributed by atoms with Gasteiger partial charge in [-0.15, -0.1) is 0 Å². The molecule has 0 aromatic carbocycles. The Morgan fingerprint density at radius 2 is 2.12 bits per heavy atom. The van der Waals surface area contributed by atoms with Crippen molar-refractivity contribution in [2.45, 2.75) is 49.9 Å². The van der Waals surface area contributed by atoms with Gasteiger partial charge in [0.05, 0.1) is 25.6 Å². The van der Waals surface area contributed by atoms with Crippen LogP contribution in [0.25, 0.3) is 11.2 Å². The average Bonchev–Trinajstić information content (AvgIpc) is 3.35. The maximum atomic E-state index is 10.6. The highest BCUT2D eigenvalue weighted by atomic mass is 32.5. The number of allylic oxidation sites excluding steroid dienone is 2. The Morgan fingerprint density at radius 3 is 2.94 bits per heavy atom. The zero-order valence-corrected chi connectivity index (χ0v) is 18.8. The Hall–Kier alpha value is -1.76. The maximum Gasteiger partial charge on any atom is 0.327 e. The molecule has 4 heterocycles. The number of fused-ring (bicyclic) bond motifs is 1. The molecule has 1 aliphatic carbocycles. The molecule has 2 fully saturated rings. The maximum absolute atomic E-state index is 10.6. The first-order valence-electron chi connectivity index (χ1n) is 10.3. The molecule has 13 heteroatoms. The van der Waals surface area contributed by atoms with Crippen molar-refractivity contribution in [3.8, 4) is 0 Å². The summed E-state index contributed by atoms with van der Waals surface area (Å²) >= 11 is 5.54. The summed E-state index contributed by atoms with van der Waals surface area (Å²) in [4.78, 5) is 12.2. The summed E-state index contributed by atoms with van der Waals surface area (Å²) in [6.07, 6.45) is 7.29. The van der Waals surface area contributed by atoms with Gasteiger partial charge in [-0.2, -0.15) is 0 Å². The number of rotatable bonds is 5. The minimum absolute atomic E-state index is 0.0998. The monoisotopic (exact) mass is 481 g/mol. The summed E-state index contributed by atoms with van der Waals surface area (Å²) in [5.74, 6) is 0.212. The molecule has 0 amide bonds.